The van der Waals surface area contributed by atoms with Crippen molar-refractivity contribution >= 4 is 28.6 Å². The summed E-state index contributed by atoms with van der Waals surface area (Å²) < 4.78 is 0. The Morgan fingerprint density at radius 3 is 2.86 bits per heavy atom. The molecule has 0 bridgehead atoms. The largest absolute Gasteiger partial charge is 0.353 e. The van der Waals surface area contributed by atoms with Gasteiger partial charge in [-0.15, -0.1) is 0 Å². The van der Waals surface area contributed by atoms with Gasteiger partial charge in [0.2, 0.25) is 5.28 Å². The Morgan fingerprint density at radius 2 is 2.00 bits per heavy atom. The number of anilines is 1. The molecule has 0 saturated carbocycles. The van der Waals surface area contributed by atoms with E-state index in [2.05, 4.69) is 29.7 Å². The van der Waals surface area contributed by atoms with Crippen molar-refractivity contribution in [1.82, 2.24) is 24.8 Å². The Kier molecular flexibility index (Phi) is 3.43. The number of imidazole rings is 1. The van der Waals surface area contributed by atoms with Crippen LogP contribution in [0.2, 0.25) is 5.28 Å². The summed E-state index contributed by atoms with van der Waals surface area (Å²) >= 11 is 6.03. The first-order valence-corrected chi connectivity index (χ1v) is 8.05. The summed E-state index contributed by atoms with van der Waals surface area (Å²) in [5, 5.41) is 0.269. The van der Waals surface area contributed by atoms with Crippen molar-refractivity contribution in [1.29, 1.82) is 0 Å². The highest BCUT2D eigenvalue weighted by molar-refractivity contribution is 6.28. The first-order chi connectivity index (χ1) is 10.3. The Hall–Kier alpha value is -1.40. The van der Waals surface area contributed by atoms with E-state index in [1.165, 1.54) is 38.8 Å². The van der Waals surface area contributed by atoms with Crippen molar-refractivity contribution in [2.24, 2.45) is 0 Å². The van der Waals surface area contributed by atoms with Crippen LogP contribution in [0.1, 0.15) is 25.7 Å². The topological polar surface area (TPSA) is 60.9 Å². The monoisotopic (exact) mass is 306 g/mol. The van der Waals surface area contributed by atoms with Crippen LogP contribution in [0.25, 0.3) is 11.2 Å². The molecule has 6 nitrogen and oxygen atoms in total. The lowest BCUT2D eigenvalue weighted by molar-refractivity contribution is 0.175. The van der Waals surface area contributed by atoms with E-state index in [0.29, 0.717) is 11.7 Å². The molecule has 4 rings (SSSR count). The SMILES string of the molecule is Clc1nc(N2CCC(N3CCCCC3)C2)c2[nH]cnc2n1. The van der Waals surface area contributed by atoms with Crippen LogP contribution < -0.4 is 4.90 Å². The minimum atomic E-state index is 0.269. The Labute approximate surface area is 128 Å². The van der Waals surface area contributed by atoms with Gasteiger partial charge in [-0.3, -0.25) is 4.90 Å². The van der Waals surface area contributed by atoms with Crippen molar-refractivity contribution < 1.29 is 0 Å². The van der Waals surface area contributed by atoms with E-state index in [4.69, 9.17) is 11.6 Å². The molecule has 0 spiro atoms. The number of halogens is 1. The molecule has 4 heterocycles. The van der Waals surface area contributed by atoms with Gasteiger partial charge < -0.3 is 9.88 Å². The minimum Gasteiger partial charge on any atom is -0.353 e. The summed E-state index contributed by atoms with van der Waals surface area (Å²) in [6.07, 6.45) is 6.89. The third kappa shape index (κ3) is 2.46. The van der Waals surface area contributed by atoms with Gasteiger partial charge in [0.15, 0.2) is 11.5 Å². The second-order valence-electron chi connectivity index (χ2n) is 5.90. The molecule has 2 aliphatic heterocycles. The van der Waals surface area contributed by atoms with E-state index >= 15 is 0 Å². The number of aromatic amines is 1. The summed E-state index contributed by atoms with van der Waals surface area (Å²) in [5.74, 6) is 0.891. The van der Waals surface area contributed by atoms with E-state index < -0.39 is 0 Å². The van der Waals surface area contributed by atoms with Gasteiger partial charge in [-0.25, -0.2) is 4.98 Å². The zero-order valence-electron chi connectivity index (χ0n) is 11.9. The summed E-state index contributed by atoms with van der Waals surface area (Å²) in [7, 11) is 0. The lowest BCUT2D eigenvalue weighted by atomic mass is 10.1. The van der Waals surface area contributed by atoms with Crippen molar-refractivity contribution in [3.8, 4) is 0 Å². The van der Waals surface area contributed by atoms with Crippen LogP contribution in [0, 0.1) is 0 Å². The van der Waals surface area contributed by atoms with E-state index in [1.807, 2.05) is 0 Å². The van der Waals surface area contributed by atoms with Crippen LogP contribution in [-0.2, 0) is 0 Å². The zero-order chi connectivity index (χ0) is 14.2. The molecule has 7 heteroatoms. The molecule has 0 aliphatic carbocycles. The molecule has 0 amide bonds. The van der Waals surface area contributed by atoms with Crippen LogP contribution in [0.4, 0.5) is 5.82 Å². The number of rotatable bonds is 2. The Bertz CT molecular complexity index is 635. The van der Waals surface area contributed by atoms with E-state index in [0.717, 1.165) is 24.4 Å². The zero-order valence-corrected chi connectivity index (χ0v) is 12.7. The third-order valence-electron chi connectivity index (χ3n) is 4.61. The molecule has 112 valence electrons. The van der Waals surface area contributed by atoms with Crippen molar-refractivity contribution in [3.05, 3.63) is 11.6 Å². The van der Waals surface area contributed by atoms with E-state index in [9.17, 15) is 0 Å². The normalized spacial score (nSPS) is 24.0. The first kappa shape index (κ1) is 13.3. The van der Waals surface area contributed by atoms with Crippen LogP contribution in [-0.4, -0.2) is 57.1 Å². The van der Waals surface area contributed by atoms with E-state index in [-0.39, 0.29) is 5.28 Å². The number of nitrogens with one attached hydrogen (secondary N) is 1. The maximum Gasteiger partial charge on any atom is 0.226 e. The van der Waals surface area contributed by atoms with Crippen LogP contribution in [0.3, 0.4) is 0 Å². The number of piperidine rings is 1. The highest BCUT2D eigenvalue weighted by Crippen LogP contribution is 2.28. The number of aromatic nitrogens is 4. The number of likely N-dealkylation sites (tertiary alicyclic amines) is 1. The fraction of sp³-hybridized carbons (Fsp3) is 0.643. The quantitative estimate of drug-likeness (QED) is 0.861. The summed E-state index contributed by atoms with van der Waals surface area (Å²) in [5.41, 5.74) is 1.53. The number of fused-ring (bicyclic) bond motifs is 1. The van der Waals surface area contributed by atoms with Gasteiger partial charge in [-0.1, -0.05) is 6.42 Å². The average Bonchev–Trinajstić information content (AvgIpc) is 3.16. The standard InChI is InChI=1S/C14H19ClN6/c15-14-18-12-11(16-9-17-12)13(19-14)21-7-4-10(8-21)20-5-2-1-3-6-20/h9-10H,1-8H2,(H,16,17,18,19). The Morgan fingerprint density at radius 1 is 1.14 bits per heavy atom. The molecule has 0 radical (unpaired) electrons. The number of nitrogens with zero attached hydrogens (tertiary/aromatic N) is 5. The lowest BCUT2D eigenvalue weighted by Crippen LogP contribution is -2.41. The Balaban J connectivity index is 1.57. The molecular weight excluding hydrogens is 288 g/mol. The van der Waals surface area contributed by atoms with E-state index in [1.54, 1.807) is 6.33 Å². The smallest absolute Gasteiger partial charge is 0.226 e. The number of H-pyrrole nitrogens is 1. The summed E-state index contributed by atoms with van der Waals surface area (Å²) in [6, 6.07) is 0.636. The van der Waals surface area contributed by atoms with Gasteiger partial charge in [-0.2, -0.15) is 9.97 Å². The van der Waals surface area contributed by atoms with Crippen molar-refractivity contribution in [2.45, 2.75) is 31.7 Å². The maximum absolute atomic E-state index is 6.03. The lowest BCUT2D eigenvalue weighted by Gasteiger charge is -2.32. The highest BCUT2D eigenvalue weighted by Gasteiger charge is 2.30. The molecule has 21 heavy (non-hydrogen) atoms. The average molecular weight is 307 g/mol. The molecule has 2 fully saturated rings. The van der Waals surface area contributed by atoms with Gasteiger partial charge in [0, 0.05) is 19.1 Å². The van der Waals surface area contributed by atoms with Crippen LogP contribution in [0.15, 0.2) is 6.33 Å². The second kappa shape index (κ2) is 5.42. The van der Waals surface area contributed by atoms with Gasteiger partial charge in [-0.05, 0) is 44.0 Å². The fourth-order valence-corrected chi connectivity index (χ4v) is 3.70. The van der Waals surface area contributed by atoms with Crippen molar-refractivity contribution in [3.63, 3.8) is 0 Å². The second-order valence-corrected chi connectivity index (χ2v) is 6.24. The van der Waals surface area contributed by atoms with Gasteiger partial charge in [0.25, 0.3) is 0 Å². The van der Waals surface area contributed by atoms with Crippen LogP contribution in [0.5, 0.6) is 0 Å². The number of hydrogen-bond donors (Lipinski definition) is 1. The van der Waals surface area contributed by atoms with Crippen LogP contribution >= 0.6 is 11.6 Å². The van der Waals surface area contributed by atoms with Gasteiger partial charge >= 0.3 is 0 Å². The maximum atomic E-state index is 6.03. The molecule has 0 aromatic carbocycles. The van der Waals surface area contributed by atoms with Crippen molar-refractivity contribution in [2.75, 3.05) is 31.1 Å². The summed E-state index contributed by atoms with van der Waals surface area (Å²) in [6.45, 7) is 4.51. The molecule has 1 atom stereocenters. The highest BCUT2D eigenvalue weighted by atomic mass is 35.5. The molecule has 2 aliphatic rings. The molecule has 2 saturated heterocycles. The predicted octanol–water partition coefficient (Wildman–Crippen LogP) is 2.07. The number of hydrogen-bond acceptors (Lipinski definition) is 5. The predicted molar refractivity (Wildman–Crippen MR) is 82.7 cm³/mol. The molecule has 2 aromatic heterocycles. The molecule has 1 N–H and O–H groups in total. The summed E-state index contributed by atoms with van der Waals surface area (Å²) in [4.78, 5) is 20.9. The molecular formula is C14H19ClN6. The minimum absolute atomic E-state index is 0.269. The first-order valence-electron chi connectivity index (χ1n) is 7.67. The third-order valence-corrected chi connectivity index (χ3v) is 4.78. The van der Waals surface area contributed by atoms with Gasteiger partial charge in [0.1, 0.15) is 5.52 Å². The fourth-order valence-electron chi connectivity index (χ4n) is 3.54. The molecule has 2 aromatic rings. The van der Waals surface area contributed by atoms with Gasteiger partial charge in [0.05, 0.1) is 6.33 Å². The molecule has 1 unspecified atom stereocenters.